The Balaban J connectivity index is 2.25. The molecule has 1 aromatic carbocycles. The van der Waals surface area contributed by atoms with Gasteiger partial charge in [0.2, 0.25) is 0 Å². The summed E-state index contributed by atoms with van der Waals surface area (Å²) in [5.74, 6) is -1.83. The lowest BCUT2D eigenvalue weighted by atomic mass is 10.1. The standard InChI is InChI=1S/C13H10N2O4/c1-8(13(18)19-7-6-14)15-11(16)9-4-2-3-5-10(9)12(15)17/h2-5,8H,7H2,1H3/t8-/m1/s1. The molecule has 0 bridgehead atoms. The Morgan fingerprint density at radius 3 is 2.32 bits per heavy atom. The third-order valence-corrected chi connectivity index (χ3v) is 2.83. The van der Waals surface area contributed by atoms with Crippen LogP contribution in [0, 0.1) is 11.3 Å². The molecule has 96 valence electrons. The van der Waals surface area contributed by atoms with Crippen LogP contribution in [0.4, 0.5) is 0 Å². The van der Waals surface area contributed by atoms with E-state index in [1.165, 1.54) is 19.1 Å². The molecule has 0 N–H and O–H groups in total. The van der Waals surface area contributed by atoms with Crippen LogP contribution in [0.5, 0.6) is 0 Å². The molecule has 2 rings (SSSR count). The number of carbonyl (C=O) groups is 3. The Morgan fingerprint density at radius 2 is 1.84 bits per heavy atom. The first-order valence-corrected chi connectivity index (χ1v) is 5.58. The number of fused-ring (bicyclic) bond motifs is 1. The molecule has 0 spiro atoms. The van der Waals surface area contributed by atoms with Gasteiger partial charge >= 0.3 is 5.97 Å². The number of esters is 1. The first-order chi connectivity index (χ1) is 9.07. The predicted octanol–water partition coefficient (Wildman–Crippen LogP) is 0.738. The summed E-state index contributed by atoms with van der Waals surface area (Å²) in [7, 11) is 0. The zero-order valence-corrected chi connectivity index (χ0v) is 10.1. The number of benzene rings is 1. The first kappa shape index (κ1) is 12.8. The number of rotatable bonds is 3. The molecule has 0 aliphatic carbocycles. The van der Waals surface area contributed by atoms with Crippen LogP contribution in [0.3, 0.4) is 0 Å². The van der Waals surface area contributed by atoms with Crippen LogP contribution < -0.4 is 0 Å². The molecule has 1 aliphatic rings. The van der Waals surface area contributed by atoms with E-state index in [-0.39, 0.29) is 11.1 Å². The van der Waals surface area contributed by atoms with Crippen LogP contribution >= 0.6 is 0 Å². The molecule has 0 unspecified atom stereocenters. The van der Waals surface area contributed by atoms with Gasteiger partial charge in [-0.1, -0.05) is 12.1 Å². The largest absolute Gasteiger partial charge is 0.449 e. The van der Waals surface area contributed by atoms with Crippen molar-refractivity contribution >= 4 is 17.8 Å². The minimum Gasteiger partial charge on any atom is -0.449 e. The maximum atomic E-state index is 12.1. The van der Waals surface area contributed by atoms with Gasteiger partial charge in [0, 0.05) is 0 Å². The zero-order chi connectivity index (χ0) is 14.0. The SMILES string of the molecule is C[C@H](C(=O)OCC#N)N1C(=O)c2ccccc2C1=O. The van der Waals surface area contributed by atoms with Crippen molar-refractivity contribution in [2.75, 3.05) is 6.61 Å². The Morgan fingerprint density at radius 1 is 1.32 bits per heavy atom. The molecular weight excluding hydrogens is 248 g/mol. The second-order valence-electron chi connectivity index (χ2n) is 3.97. The fourth-order valence-corrected chi connectivity index (χ4v) is 1.89. The normalized spacial score (nSPS) is 14.8. The van der Waals surface area contributed by atoms with Crippen LogP contribution in [0.15, 0.2) is 24.3 Å². The summed E-state index contributed by atoms with van der Waals surface area (Å²) < 4.78 is 4.61. The van der Waals surface area contributed by atoms with E-state index in [1.54, 1.807) is 18.2 Å². The van der Waals surface area contributed by atoms with Crippen LogP contribution in [-0.4, -0.2) is 35.3 Å². The highest BCUT2D eigenvalue weighted by Crippen LogP contribution is 2.24. The molecule has 1 atom stereocenters. The number of hydrogen-bond donors (Lipinski definition) is 0. The number of hydrogen-bond acceptors (Lipinski definition) is 5. The predicted molar refractivity (Wildman–Crippen MR) is 63.0 cm³/mol. The Kier molecular flexibility index (Phi) is 3.29. The third kappa shape index (κ3) is 2.06. The van der Waals surface area contributed by atoms with Crippen molar-refractivity contribution in [1.82, 2.24) is 4.90 Å². The Bertz CT molecular complexity index is 568. The summed E-state index contributed by atoms with van der Waals surface area (Å²) in [6.45, 7) is 0.980. The molecular formula is C13H10N2O4. The smallest absolute Gasteiger partial charge is 0.330 e. The van der Waals surface area contributed by atoms with Crippen molar-refractivity contribution in [3.63, 3.8) is 0 Å². The van der Waals surface area contributed by atoms with E-state index in [0.29, 0.717) is 0 Å². The number of nitriles is 1. The molecule has 1 heterocycles. The van der Waals surface area contributed by atoms with E-state index in [2.05, 4.69) is 4.74 Å². The minimum atomic E-state index is -1.05. The second kappa shape index (κ2) is 4.90. The van der Waals surface area contributed by atoms with Crippen LogP contribution in [-0.2, 0) is 9.53 Å². The number of nitrogens with zero attached hydrogens (tertiary/aromatic N) is 2. The number of imide groups is 1. The van der Waals surface area contributed by atoms with Crippen molar-refractivity contribution in [3.05, 3.63) is 35.4 Å². The van der Waals surface area contributed by atoms with Crippen molar-refractivity contribution in [2.24, 2.45) is 0 Å². The minimum absolute atomic E-state index is 0.271. The van der Waals surface area contributed by atoms with Crippen LogP contribution in [0.2, 0.25) is 0 Å². The van der Waals surface area contributed by atoms with Gasteiger partial charge in [0.05, 0.1) is 11.1 Å². The highest BCUT2D eigenvalue weighted by atomic mass is 16.5. The summed E-state index contributed by atoms with van der Waals surface area (Å²) in [4.78, 5) is 36.6. The topological polar surface area (TPSA) is 87.5 Å². The molecule has 0 aromatic heterocycles. The van der Waals surface area contributed by atoms with E-state index in [1.807, 2.05) is 0 Å². The molecule has 0 radical (unpaired) electrons. The average molecular weight is 258 g/mol. The van der Waals surface area contributed by atoms with Gasteiger partial charge in [-0.25, -0.2) is 4.79 Å². The zero-order valence-electron chi connectivity index (χ0n) is 10.1. The number of carbonyl (C=O) groups excluding carboxylic acids is 3. The number of amides is 2. The molecule has 6 nitrogen and oxygen atoms in total. The van der Waals surface area contributed by atoms with Gasteiger partial charge in [-0.15, -0.1) is 0 Å². The molecule has 19 heavy (non-hydrogen) atoms. The summed E-state index contributed by atoms with van der Waals surface area (Å²) in [6, 6.07) is 6.95. The van der Waals surface area contributed by atoms with Crippen LogP contribution in [0.1, 0.15) is 27.6 Å². The molecule has 1 aromatic rings. The Hall–Kier alpha value is -2.68. The van der Waals surface area contributed by atoms with Crippen molar-refractivity contribution < 1.29 is 19.1 Å². The summed E-state index contributed by atoms with van der Waals surface area (Å²) in [5, 5.41) is 8.33. The van der Waals surface area contributed by atoms with Crippen molar-refractivity contribution in [1.29, 1.82) is 5.26 Å². The number of ether oxygens (including phenoxy) is 1. The summed E-state index contributed by atoms with van der Waals surface area (Å²) in [5.41, 5.74) is 0.542. The molecule has 2 amide bonds. The van der Waals surface area contributed by atoms with Crippen molar-refractivity contribution in [3.8, 4) is 6.07 Å². The lowest BCUT2D eigenvalue weighted by Gasteiger charge is -2.20. The monoisotopic (exact) mass is 258 g/mol. The van der Waals surface area contributed by atoms with Gasteiger partial charge in [-0.3, -0.25) is 14.5 Å². The molecule has 1 aliphatic heterocycles. The second-order valence-corrected chi connectivity index (χ2v) is 3.97. The summed E-state index contributed by atoms with van der Waals surface area (Å²) in [6.07, 6.45) is 0. The fraction of sp³-hybridized carbons (Fsp3) is 0.231. The first-order valence-electron chi connectivity index (χ1n) is 5.58. The van der Waals surface area contributed by atoms with Gasteiger partial charge in [0.1, 0.15) is 12.1 Å². The molecule has 0 fully saturated rings. The highest BCUT2D eigenvalue weighted by molar-refractivity contribution is 6.22. The van der Waals surface area contributed by atoms with Crippen molar-refractivity contribution in [2.45, 2.75) is 13.0 Å². The Labute approximate surface area is 109 Å². The van der Waals surface area contributed by atoms with Gasteiger partial charge < -0.3 is 4.74 Å². The van der Waals surface area contributed by atoms with E-state index in [0.717, 1.165) is 4.90 Å². The third-order valence-electron chi connectivity index (χ3n) is 2.83. The summed E-state index contributed by atoms with van der Waals surface area (Å²) >= 11 is 0. The van der Waals surface area contributed by atoms with E-state index in [9.17, 15) is 14.4 Å². The fourth-order valence-electron chi connectivity index (χ4n) is 1.89. The van der Waals surface area contributed by atoms with Gasteiger partial charge in [-0.05, 0) is 19.1 Å². The van der Waals surface area contributed by atoms with E-state index in [4.69, 9.17) is 5.26 Å². The van der Waals surface area contributed by atoms with E-state index < -0.39 is 30.4 Å². The lowest BCUT2D eigenvalue weighted by molar-refractivity contribution is -0.146. The quantitative estimate of drug-likeness (QED) is 0.589. The maximum Gasteiger partial charge on any atom is 0.330 e. The highest BCUT2D eigenvalue weighted by Gasteiger charge is 2.41. The lowest BCUT2D eigenvalue weighted by Crippen LogP contribution is -2.43. The van der Waals surface area contributed by atoms with Gasteiger partial charge in [0.15, 0.2) is 6.61 Å². The van der Waals surface area contributed by atoms with Gasteiger partial charge in [-0.2, -0.15) is 5.26 Å². The van der Waals surface area contributed by atoms with Gasteiger partial charge in [0.25, 0.3) is 11.8 Å². The maximum absolute atomic E-state index is 12.1. The molecule has 0 saturated heterocycles. The molecule has 6 heteroatoms. The molecule has 0 saturated carbocycles. The average Bonchev–Trinajstić information content (AvgIpc) is 2.68. The van der Waals surface area contributed by atoms with E-state index >= 15 is 0 Å². The van der Waals surface area contributed by atoms with Crippen LogP contribution in [0.25, 0.3) is 0 Å².